The average Bonchev–Trinajstić information content (AvgIpc) is 2.74. The van der Waals surface area contributed by atoms with Gasteiger partial charge in [0, 0.05) is 0 Å². The second-order valence-corrected chi connectivity index (χ2v) is 2.44. The molecule has 3 nitrogen and oxygen atoms in total. The van der Waals surface area contributed by atoms with Crippen molar-refractivity contribution in [3.8, 4) is 0 Å². The highest BCUT2D eigenvalue weighted by atomic mass is 16.4. The van der Waals surface area contributed by atoms with Crippen LogP contribution >= 0.6 is 0 Å². The van der Waals surface area contributed by atoms with Crippen LogP contribution in [-0.2, 0) is 0 Å². The van der Waals surface area contributed by atoms with Gasteiger partial charge in [-0.1, -0.05) is 36.4 Å². The van der Waals surface area contributed by atoms with Crippen molar-refractivity contribution in [2.24, 2.45) is 0 Å². The molecule has 0 spiro atoms. The zero-order valence-corrected chi connectivity index (χ0v) is 7.46. The number of carbonyl (C=O) groups is 1. The van der Waals surface area contributed by atoms with E-state index >= 15 is 0 Å². The Kier molecular flexibility index (Phi) is 4.01. The van der Waals surface area contributed by atoms with Gasteiger partial charge in [0.25, 0.3) is 0 Å². The van der Waals surface area contributed by atoms with Crippen molar-refractivity contribution in [2.75, 3.05) is 0 Å². The first-order chi connectivity index (χ1) is 6.80. The third-order valence-electron chi connectivity index (χ3n) is 1.40. The maximum absolute atomic E-state index is 9.97. The first kappa shape index (κ1) is 10.1. The number of furan rings is 1. The van der Waals surface area contributed by atoms with Crippen molar-refractivity contribution in [1.29, 1.82) is 0 Å². The molecule has 1 heterocycles. The fraction of sp³-hybridized carbons (Fsp3) is 0. The van der Waals surface area contributed by atoms with Gasteiger partial charge in [-0.3, -0.25) is 0 Å². The van der Waals surface area contributed by atoms with Crippen molar-refractivity contribution in [1.82, 2.24) is 0 Å². The summed E-state index contributed by atoms with van der Waals surface area (Å²) in [5.74, 6) is -1.06. The van der Waals surface area contributed by atoms with E-state index < -0.39 is 5.97 Å². The Morgan fingerprint density at radius 2 is 1.50 bits per heavy atom. The Balaban J connectivity index is 0.000000146. The van der Waals surface area contributed by atoms with Gasteiger partial charge in [-0.2, -0.15) is 0 Å². The van der Waals surface area contributed by atoms with Crippen LogP contribution in [0.5, 0.6) is 0 Å². The predicted octanol–water partition coefficient (Wildman–Crippen LogP) is 2.66. The molecule has 2 aromatic rings. The quantitative estimate of drug-likeness (QED) is 0.752. The SMILES string of the molecule is O=C(O)c1ccco1.c1ccccc1. The largest absolute Gasteiger partial charge is 0.475 e. The lowest BCUT2D eigenvalue weighted by molar-refractivity contribution is 0.0662. The number of benzene rings is 1. The van der Waals surface area contributed by atoms with Gasteiger partial charge < -0.3 is 9.52 Å². The number of carboxylic acid groups (broad SMARTS) is 1. The highest BCUT2D eigenvalue weighted by Gasteiger charge is 2.01. The van der Waals surface area contributed by atoms with E-state index in [4.69, 9.17) is 5.11 Å². The lowest BCUT2D eigenvalue weighted by Gasteiger charge is -1.79. The molecule has 0 radical (unpaired) electrons. The summed E-state index contributed by atoms with van der Waals surface area (Å²) in [7, 11) is 0. The number of hydrogen-bond acceptors (Lipinski definition) is 2. The smallest absolute Gasteiger partial charge is 0.371 e. The molecule has 0 aliphatic heterocycles. The molecule has 0 aliphatic rings. The topological polar surface area (TPSA) is 50.4 Å². The molecule has 0 saturated carbocycles. The standard InChI is InChI=1S/C6H6.C5H4O3/c1-2-4-6-5-3-1;6-5(7)4-2-1-3-8-4/h1-6H;1-3H,(H,6,7). The van der Waals surface area contributed by atoms with Crippen molar-refractivity contribution >= 4 is 5.97 Å². The maximum Gasteiger partial charge on any atom is 0.371 e. The Morgan fingerprint density at radius 3 is 1.71 bits per heavy atom. The molecule has 1 aromatic heterocycles. The third-order valence-corrected chi connectivity index (χ3v) is 1.40. The summed E-state index contributed by atoms with van der Waals surface area (Å²) < 4.78 is 4.50. The minimum Gasteiger partial charge on any atom is -0.475 e. The van der Waals surface area contributed by atoms with Crippen LogP contribution in [0, 0.1) is 0 Å². The maximum atomic E-state index is 9.97. The fourth-order valence-corrected chi connectivity index (χ4v) is 0.785. The molecule has 0 aliphatic carbocycles. The van der Waals surface area contributed by atoms with Crippen LogP contribution in [0.15, 0.2) is 59.2 Å². The summed E-state index contributed by atoms with van der Waals surface area (Å²) in [5, 5.41) is 8.18. The van der Waals surface area contributed by atoms with Crippen molar-refractivity contribution in [3.63, 3.8) is 0 Å². The van der Waals surface area contributed by atoms with Crippen LogP contribution in [0.1, 0.15) is 10.6 Å². The number of hydrogen-bond donors (Lipinski definition) is 1. The van der Waals surface area contributed by atoms with E-state index in [2.05, 4.69) is 4.42 Å². The van der Waals surface area contributed by atoms with Crippen LogP contribution < -0.4 is 0 Å². The molecule has 0 bridgehead atoms. The van der Waals surface area contributed by atoms with Gasteiger partial charge in [-0.25, -0.2) is 4.79 Å². The van der Waals surface area contributed by atoms with Gasteiger partial charge in [0.15, 0.2) is 0 Å². The van der Waals surface area contributed by atoms with Gasteiger partial charge in [-0.05, 0) is 12.1 Å². The molecule has 0 amide bonds. The summed E-state index contributed by atoms with van der Waals surface area (Å²) in [6.45, 7) is 0. The number of carboxylic acids is 1. The third kappa shape index (κ3) is 3.58. The lowest BCUT2D eigenvalue weighted by Crippen LogP contribution is -1.90. The van der Waals surface area contributed by atoms with E-state index in [1.165, 1.54) is 18.4 Å². The van der Waals surface area contributed by atoms with Gasteiger partial charge in [0.2, 0.25) is 5.76 Å². The van der Waals surface area contributed by atoms with Crippen LogP contribution in [-0.4, -0.2) is 11.1 Å². The molecule has 3 heteroatoms. The molecule has 72 valence electrons. The van der Waals surface area contributed by atoms with Gasteiger partial charge >= 0.3 is 5.97 Å². The summed E-state index contributed by atoms with van der Waals surface area (Å²) in [4.78, 5) is 9.97. The summed E-state index contributed by atoms with van der Waals surface area (Å²) in [6, 6.07) is 14.9. The summed E-state index contributed by atoms with van der Waals surface area (Å²) in [5.41, 5.74) is 0. The molecular weight excluding hydrogens is 180 g/mol. The van der Waals surface area contributed by atoms with E-state index in [9.17, 15) is 4.79 Å². The first-order valence-electron chi connectivity index (χ1n) is 4.07. The molecule has 0 fully saturated rings. The molecule has 2 rings (SSSR count). The Bertz CT molecular complexity index is 325. The summed E-state index contributed by atoms with van der Waals surface area (Å²) in [6.07, 6.45) is 1.32. The lowest BCUT2D eigenvalue weighted by atomic mass is 10.4. The van der Waals surface area contributed by atoms with Crippen LogP contribution in [0.25, 0.3) is 0 Å². The summed E-state index contributed by atoms with van der Waals surface area (Å²) >= 11 is 0. The van der Waals surface area contributed by atoms with Crippen molar-refractivity contribution < 1.29 is 14.3 Å². The van der Waals surface area contributed by atoms with Crippen LogP contribution in [0.4, 0.5) is 0 Å². The van der Waals surface area contributed by atoms with Gasteiger partial charge in [-0.15, -0.1) is 0 Å². The van der Waals surface area contributed by atoms with Crippen LogP contribution in [0.3, 0.4) is 0 Å². The highest BCUT2D eigenvalue weighted by molar-refractivity contribution is 5.84. The normalized spacial score (nSPS) is 8.57. The fourth-order valence-electron chi connectivity index (χ4n) is 0.785. The average molecular weight is 190 g/mol. The van der Waals surface area contributed by atoms with Crippen molar-refractivity contribution in [2.45, 2.75) is 0 Å². The van der Waals surface area contributed by atoms with Crippen LogP contribution in [0.2, 0.25) is 0 Å². The van der Waals surface area contributed by atoms with Gasteiger partial charge in [0.1, 0.15) is 0 Å². The van der Waals surface area contributed by atoms with E-state index in [1.807, 2.05) is 36.4 Å². The molecular formula is C11H10O3. The Morgan fingerprint density at radius 1 is 1.00 bits per heavy atom. The zero-order chi connectivity index (χ0) is 10.2. The second-order valence-electron chi connectivity index (χ2n) is 2.44. The molecule has 1 aromatic carbocycles. The van der Waals surface area contributed by atoms with E-state index in [0.29, 0.717) is 0 Å². The number of aromatic carboxylic acids is 1. The highest BCUT2D eigenvalue weighted by Crippen LogP contribution is 1.97. The van der Waals surface area contributed by atoms with E-state index in [-0.39, 0.29) is 5.76 Å². The van der Waals surface area contributed by atoms with Crippen molar-refractivity contribution in [3.05, 3.63) is 60.6 Å². The molecule has 0 unspecified atom stereocenters. The molecule has 0 saturated heterocycles. The predicted molar refractivity (Wildman–Crippen MR) is 52.1 cm³/mol. The second kappa shape index (κ2) is 5.59. The minimum absolute atomic E-state index is 0.0231. The Hall–Kier alpha value is -2.03. The monoisotopic (exact) mass is 190 g/mol. The molecule has 14 heavy (non-hydrogen) atoms. The number of rotatable bonds is 1. The minimum atomic E-state index is -1.03. The Labute approximate surface area is 81.6 Å². The van der Waals surface area contributed by atoms with E-state index in [1.54, 1.807) is 0 Å². The van der Waals surface area contributed by atoms with E-state index in [0.717, 1.165) is 0 Å². The molecule has 1 N–H and O–H groups in total. The molecule has 0 atom stereocenters. The first-order valence-corrected chi connectivity index (χ1v) is 4.07. The van der Waals surface area contributed by atoms with Gasteiger partial charge in [0.05, 0.1) is 6.26 Å². The zero-order valence-electron chi connectivity index (χ0n) is 7.46.